The predicted octanol–water partition coefficient (Wildman–Crippen LogP) is 9.81. The van der Waals surface area contributed by atoms with Gasteiger partial charge in [-0.3, -0.25) is 9.69 Å². The maximum Gasteiger partial charge on any atom is 0.267 e. The summed E-state index contributed by atoms with van der Waals surface area (Å²) in [7, 11) is 0. The summed E-state index contributed by atoms with van der Waals surface area (Å²) in [5.74, 6) is 1.38. The Labute approximate surface area is 272 Å². The van der Waals surface area contributed by atoms with Crippen molar-refractivity contribution in [1.29, 1.82) is 0 Å². The molecule has 1 heterocycles. The summed E-state index contributed by atoms with van der Waals surface area (Å²) in [6, 6.07) is 29.0. The van der Waals surface area contributed by atoms with Crippen LogP contribution in [0.1, 0.15) is 43.7 Å². The zero-order valence-corrected chi connectivity index (χ0v) is 27.9. The third kappa shape index (κ3) is 6.37. The standard InChI is InChI=1S/C34H30I2N2O2S/c1-22-10-5-8-17-30(22)38-33(39)31(41-34(38)37-26-14-3-2-4-15-26)20-23-18-28(35)32(29(36)19-23)40-21-25-13-9-12-24-11-6-7-16-27(24)25/h2-4,6-7,9,11-16,18-20,22,30H,5,8,10,17,21H2,1H3/b31-20-,37-34?/t22-,30+/m0/s1. The largest absolute Gasteiger partial charge is 0.487 e. The average molecular weight is 785 g/mol. The number of para-hydroxylation sites is 1. The normalized spacial score (nSPS) is 21.2. The second-order valence-corrected chi connectivity index (χ2v) is 13.9. The Bertz CT molecular complexity index is 1630. The highest BCUT2D eigenvalue weighted by Gasteiger charge is 2.41. The van der Waals surface area contributed by atoms with E-state index < -0.39 is 0 Å². The number of thioether (sulfide) groups is 1. The maximum atomic E-state index is 13.9. The minimum absolute atomic E-state index is 0.0599. The molecule has 0 spiro atoms. The van der Waals surface area contributed by atoms with Crippen LogP contribution in [0.15, 0.2) is 94.8 Å². The van der Waals surface area contributed by atoms with Crippen LogP contribution in [0.25, 0.3) is 16.8 Å². The number of amidine groups is 1. The molecule has 1 aliphatic heterocycles. The van der Waals surface area contributed by atoms with Crippen molar-refractivity contribution < 1.29 is 9.53 Å². The van der Waals surface area contributed by atoms with Crippen LogP contribution in [0.2, 0.25) is 0 Å². The maximum absolute atomic E-state index is 13.9. The van der Waals surface area contributed by atoms with E-state index in [0.29, 0.717) is 17.4 Å². The summed E-state index contributed by atoms with van der Waals surface area (Å²) in [5.41, 5.74) is 3.02. The summed E-state index contributed by atoms with van der Waals surface area (Å²) in [4.78, 5) is 21.5. The fraction of sp³-hybridized carbons (Fsp3) is 0.235. The van der Waals surface area contributed by atoms with Gasteiger partial charge in [-0.05, 0) is 128 Å². The minimum atomic E-state index is 0.0599. The Balaban J connectivity index is 1.27. The van der Waals surface area contributed by atoms with Gasteiger partial charge in [0.05, 0.1) is 17.7 Å². The second kappa shape index (κ2) is 12.9. The van der Waals surface area contributed by atoms with Crippen molar-refractivity contribution in [2.45, 2.75) is 45.3 Å². The highest BCUT2D eigenvalue weighted by molar-refractivity contribution is 14.1. The van der Waals surface area contributed by atoms with Crippen LogP contribution in [0.5, 0.6) is 5.75 Å². The molecule has 0 bridgehead atoms. The lowest BCUT2D eigenvalue weighted by Gasteiger charge is -2.35. The Hall–Kier alpha value is -2.37. The number of carbonyl (C=O) groups is 1. The van der Waals surface area contributed by atoms with Gasteiger partial charge in [-0.2, -0.15) is 0 Å². The Morgan fingerprint density at radius 3 is 2.44 bits per heavy atom. The number of ether oxygens (including phenoxy) is 1. The first-order valence-corrected chi connectivity index (χ1v) is 16.9. The van der Waals surface area contributed by atoms with E-state index in [4.69, 9.17) is 9.73 Å². The monoisotopic (exact) mass is 784 g/mol. The van der Waals surface area contributed by atoms with E-state index in [0.717, 1.165) is 54.1 Å². The molecule has 2 fully saturated rings. The van der Waals surface area contributed by atoms with Gasteiger partial charge in [-0.25, -0.2) is 4.99 Å². The number of carbonyl (C=O) groups excluding carboxylic acids is 1. The number of fused-ring (bicyclic) bond motifs is 1. The van der Waals surface area contributed by atoms with Gasteiger partial charge in [-0.15, -0.1) is 0 Å². The first kappa shape index (κ1) is 28.7. The van der Waals surface area contributed by atoms with Crippen LogP contribution in [-0.2, 0) is 11.4 Å². The lowest BCUT2D eigenvalue weighted by molar-refractivity contribution is -0.124. The van der Waals surface area contributed by atoms with Crippen LogP contribution in [0.3, 0.4) is 0 Å². The molecule has 2 atom stereocenters. The summed E-state index contributed by atoms with van der Waals surface area (Å²) in [6.07, 6.45) is 6.56. The molecule has 4 aromatic carbocycles. The van der Waals surface area contributed by atoms with E-state index in [9.17, 15) is 4.79 Å². The molecule has 2 aliphatic rings. The summed E-state index contributed by atoms with van der Waals surface area (Å²) in [6.45, 7) is 2.77. The number of hydrogen-bond acceptors (Lipinski definition) is 4. The number of hydrogen-bond donors (Lipinski definition) is 0. The molecule has 7 heteroatoms. The van der Waals surface area contributed by atoms with Gasteiger partial charge in [-0.1, -0.05) is 80.4 Å². The van der Waals surface area contributed by atoms with Crippen LogP contribution in [0.4, 0.5) is 5.69 Å². The van der Waals surface area contributed by atoms with Crippen molar-refractivity contribution in [3.63, 3.8) is 0 Å². The number of halogens is 2. The molecular weight excluding hydrogens is 754 g/mol. The molecule has 1 saturated heterocycles. The molecule has 0 unspecified atom stereocenters. The van der Waals surface area contributed by atoms with Crippen molar-refractivity contribution in [3.05, 3.63) is 108 Å². The fourth-order valence-electron chi connectivity index (χ4n) is 5.67. The van der Waals surface area contributed by atoms with Crippen molar-refractivity contribution >= 4 is 90.6 Å². The number of rotatable bonds is 6. The summed E-state index contributed by atoms with van der Waals surface area (Å²) >= 11 is 6.17. The first-order chi connectivity index (χ1) is 20.0. The molecule has 0 N–H and O–H groups in total. The van der Waals surface area contributed by atoms with Crippen molar-refractivity contribution in [3.8, 4) is 5.75 Å². The quantitative estimate of drug-likeness (QED) is 0.145. The van der Waals surface area contributed by atoms with Crippen LogP contribution in [-0.4, -0.2) is 22.0 Å². The Morgan fingerprint density at radius 1 is 0.951 bits per heavy atom. The predicted molar refractivity (Wildman–Crippen MR) is 188 cm³/mol. The molecule has 4 nitrogen and oxygen atoms in total. The molecule has 1 aliphatic carbocycles. The topological polar surface area (TPSA) is 41.9 Å². The van der Waals surface area contributed by atoms with Gasteiger partial charge in [0.15, 0.2) is 5.17 Å². The third-order valence-corrected chi connectivity index (χ3v) is 10.4. The lowest BCUT2D eigenvalue weighted by atomic mass is 9.85. The van der Waals surface area contributed by atoms with E-state index >= 15 is 0 Å². The fourth-order valence-corrected chi connectivity index (χ4v) is 8.84. The molecule has 4 aromatic rings. The van der Waals surface area contributed by atoms with E-state index in [1.165, 1.54) is 29.0 Å². The minimum Gasteiger partial charge on any atom is -0.487 e. The van der Waals surface area contributed by atoms with Crippen molar-refractivity contribution in [2.24, 2.45) is 10.9 Å². The van der Waals surface area contributed by atoms with Gasteiger partial charge in [0.1, 0.15) is 12.4 Å². The molecule has 208 valence electrons. The number of nitrogens with zero attached hydrogens (tertiary/aromatic N) is 2. The SMILES string of the molecule is C[C@H]1CCCC[C@H]1N1C(=O)/C(=C/c2cc(I)c(OCc3cccc4ccccc34)c(I)c2)SC1=Nc1ccccc1. The van der Waals surface area contributed by atoms with Crippen LogP contribution in [0, 0.1) is 13.1 Å². The zero-order chi connectivity index (χ0) is 28.3. The van der Waals surface area contributed by atoms with Gasteiger partial charge in [0.25, 0.3) is 5.91 Å². The third-order valence-electron chi connectivity index (χ3n) is 7.79. The molecule has 0 radical (unpaired) electrons. The molecular formula is C34H30I2N2O2S. The van der Waals surface area contributed by atoms with Crippen LogP contribution < -0.4 is 4.74 Å². The first-order valence-electron chi connectivity index (χ1n) is 13.9. The van der Waals surface area contributed by atoms with Crippen molar-refractivity contribution in [1.82, 2.24) is 4.90 Å². The van der Waals surface area contributed by atoms with E-state index in [-0.39, 0.29) is 11.9 Å². The highest BCUT2D eigenvalue weighted by atomic mass is 127. The van der Waals surface area contributed by atoms with E-state index in [1.807, 2.05) is 41.3 Å². The van der Waals surface area contributed by atoms with Gasteiger partial charge in [0, 0.05) is 6.04 Å². The zero-order valence-electron chi connectivity index (χ0n) is 22.7. The van der Waals surface area contributed by atoms with Gasteiger partial charge >= 0.3 is 0 Å². The summed E-state index contributed by atoms with van der Waals surface area (Å²) < 4.78 is 8.41. The highest BCUT2D eigenvalue weighted by Crippen LogP contribution is 2.41. The number of aliphatic imine (C=N–C) groups is 1. The second-order valence-electron chi connectivity index (χ2n) is 10.6. The smallest absolute Gasteiger partial charge is 0.267 e. The molecule has 0 aromatic heterocycles. The Morgan fingerprint density at radius 2 is 1.66 bits per heavy atom. The van der Waals surface area contributed by atoms with Gasteiger partial charge < -0.3 is 4.74 Å². The van der Waals surface area contributed by atoms with Crippen molar-refractivity contribution in [2.75, 3.05) is 0 Å². The van der Waals surface area contributed by atoms with E-state index in [2.05, 4.69) is 107 Å². The average Bonchev–Trinajstić information content (AvgIpc) is 3.27. The molecule has 1 amide bonds. The number of amides is 1. The van der Waals surface area contributed by atoms with Crippen LogP contribution >= 0.6 is 56.9 Å². The summed E-state index contributed by atoms with van der Waals surface area (Å²) in [5, 5.41) is 3.21. The van der Waals surface area contributed by atoms with E-state index in [1.54, 1.807) is 0 Å². The number of benzene rings is 4. The lowest BCUT2D eigenvalue weighted by Crippen LogP contribution is -2.44. The molecule has 41 heavy (non-hydrogen) atoms. The molecule has 6 rings (SSSR count). The van der Waals surface area contributed by atoms with Gasteiger partial charge in [0.2, 0.25) is 0 Å². The molecule has 1 saturated carbocycles. The Kier molecular flexibility index (Phi) is 9.02.